The molecule has 68 valence electrons. The molecule has 0 aliphatic carbocycles. The Hall–Kier alpha value is -1.06. The molecule has 1 aliphatic rings. The molecule has 0 aromatic rings. The van der Waals surface area contributed by atoms with Crippen molar-refractivity contribution in [2.24, 2.45) is 5.92 Å². The summed E-state index contributed by atoms with van der Waals surface area (Å²) in [5.74, 6) is -0.409. The van der Waals surface area contributed by atoms with E-state index < -0.39 is 0 Å². The highest BCUT2D eigenvalue weighted by atomic mass is 16.5. The third-order valence-corrected chi connectivity index (χ3v) is 1.69. The van der Waals surface area contributed by atoms with Crippen molar-refractivity contribution >= 4 is 11.9 Å². The van der Waals surface area contributed by atoms with Gasteiger partial charge < -0.3 is 10.1 Å². The maximum absolute atomic E-state index is 11.0. The highest BCUT2D eigenvalue weighted by molar-refractivity contribution is 5.80. The molecule has 4 nitrogen and oxygen atoms in total. The van der Waals surface area contributed by atoms with Gasteiger partial charge in [0.15, 0.2) is 0 Å². The largest absolute Gasteiger partial charge is 0.460 e. The van der Waals surface area contributed by atoms with E-state index >= 15 is 0 Å². The predicted molar refractivity (Wildman–Crippen MR) is 42.3 cm³/mol. The average Bonchev–Trinajstić information content (AvgIpc) is 2.35. The highest BCUT2D eigenvalue weighted by Gasteiger charge is 2.25. The molecule has 1 heterocycles. The van der Waals surface area contributed by atoms with Crippen LogP contribution in [0.15, 0.2) is 0 Å². The molecule has 1 saturated heterocycles. The van der Waals surface area contributed by atoms with Crippen LogP contribution in [0, 0.1) is 5.92 Å². The summed E-state index contributed by atoms with van der Waals surface area (Å²) in [4.78, 5) is 21.7. The fourth-order valence-electron chi connectivity index (χ4n) is 0.962. The minimum atomic E-state index is -0.257. The first-order chi connectivity index (χ1) is 5.59. The molecule has 1 N–H and O–H groups in total. The van der Waals surface area contributed by atoms with E-state index in [1.165, 1.54) is 0 Å². The Labute approximate surface area is 71.3 Å². The molecule has 0 aromatic heterocycles. The molecule has 12 heavy (non-hydrogen) atoms. The van der Waals surface area contributed by atoms with E-state index in [9.17, 15) is 9.59 Å². The van der Waals surface area contributed by atoms with Crippen molar-refractivity contribution < 1.29 is 14.3 Å². The molecule has 1 atom stereocenters. The van der Waals surface area contributed by atoms with Crippen molar-refractivity contribution in [1.82, 2.24) is 5.32 Å². The molecule has 1 amide bonds. The highest BCUT2D eigenvalue weighted by Crippen LogP contribution is 2.07. The van der Waals surface area contributed by atoms with Crippen LogP contribution >= 0.6 is 0 Å². The van der Waals surface area contributed by atoms with Gasteiger partial charge in [0.1, 0.15) is 6.10 Å². The monoisotopic (exact) mass is 171 g/mol. The minimum absolute atomic E-state index is 0.0449. The van der Waals surface area contributed by atoms with Crippen LogP contribution in [0.3, 0.4) is 0 Å². The summed E-state index contributed by atoms with van der Waals surface area (Å²) in [5.41, 5.74) is 0. The van der Waals surface area contributed by atoms with E-state index in [0.29, 0.717) is 13.0 Å². The van der Waals surface area contributed by atoms with E-state index in [-0.39, 0.29) is 23.9 Å². The third-order valence-electron chi connectivity index (χ3n) is 1.69. The minimum Gasteiger partial charge on any atom is -0.460 e. The van der Waals surface area contributed by atoms with Gasteiger partial charge in [-0.3, -0.25) is 9.59 Å². The van der Waals surface area contributed by atoms with Crippen LogP contribution in [0.1, 0.15) is 20.3 Å². The lowest BCUT2D eigenvalue weighted by Crippen LogP contribution is -2.23. The van der Waals surface area contributed by atoms with Crippen LogP contribution in [0.25, 0.3) is 0 Å². The Kier molecular flexibility index (Phi) is 2.68. The Balaban J connectivity index is 2.32. The van der Waals surface area contributed by atoms with Gasteiger partial charge in [-0.25, -0.2) is 0 Å². The Bertz CT molecular complexity index is 200. The molecule has 0 spiro atoms. The van der Waals surface area contributed by atoms with Crippen LogP contribution in [0.2, 0.25) is 0 Å². The number of carbonyl (C=O) groups is 2. The van der Waals surface area contributed by atoms with E-state index in [0.717, 1.165) is 0 Å². The second-order valence-corrected chi connectivity index (χ2v) is 3.22. The number of nitrogens with one attached hydrogen (secondary N) is 1. The van der Waals surface area contributed by atoms with Gasteiger partial charge in [-0.15, -0.1) is 0 Å². The number of esters is 1. The molecule has 1 rings (SSSR count). The van der Waals surface area contributed by atoms with Crippen molar-refractivity contribution in [3.05, 3.63) is 0 Å². The zero-order valence-corrected chi connectivity index (χ0v) is 7.29. The van der Waals surface area contributed by atoms with Crippen molar-refractivity contribution in [3.63, 3.8) is 0 Å². The Morgan fingerprint density at radius 1 is 1.67 bits per heavy atom. The second kappa shape index (κ2) is 3.56. The van der Waals surface area contributed by atoms with Crippen molar-refractivity contribution in [2.45, 2.75) is 26.4 Å². The number of rotatable bonds is 2. The number of carbonyl (C=O) groups excluding carboxylic acids is 2. The first-order valence-electron chi connectivity index (χ1n) is 4.07. The topological polar surface area (TPSA) is 55.4 Å². The van der Waals surface area contributed by atoms with Gasteiger partial charge in [0.2, 0.25) is 5.91 Å². The van der Waals surface area contributed by atoms with E-state index in [2.05, 4.69) is 5.32 Å². The zero-order valence-electron chi connectivity index (χ0n) is 7.29. The quantitative estimate of drug-likeness (QED) is 0.598. The number of ether oxygens (including phenoxy) is 1. The summed E-state index contributed by atoms with van der Waals surface area (Å²) in [5, 5.41) is 2.60. The van der Waals surface area contributed by atoms with Crippen LogP contribution in [-0.4, -0.2) is 24.5 Å². The first kappa shape index (κ1) is 9.03. The summed E-state index contributed by atoms with van der Waals surface area (Å²) < 4.78 is 5.02. The lowest BCUT2D eigenvalue weighted by atomic mass is 10.2. The first-order valence-corrected chi connectivity index (χ1v) is 4.07. The van der Waals surface area contributed by atoms with Crippen LogP contribution < -0.4 is 5.32 Å². The third kappa shape index (κ3) is 2.22. The fourth-order valence-corrected chi connectivity index (χ4v) is 0.962. The molecule has 1 aliphatic heterocycles. The summed E-state index contributed by atoms with van der Waals surface area (Å²) >= 11 is 0. The second-order valence-electron chi connectivity index (χ2n) is 3.22. The van der Waals surface area contributed by atoms with Gasteiger partial charge in [-0.05, 0) is 0 Å². The van der Waals surface area contributed by atoms with Gasteiger partial charge in [-0.1, -0.05) is 13.8 Å². The zero-order chi connectivity index (χ0) is 9.14. The molecule has 1 fully saturated rings. The normalized spacial score (nSPS) is 22.6. The lowest BCUT2D eigenvalue weighted by molar-refractivity contribution is -0.152. The van der Waals surface area contributed by atoms with Crippen LogP contribution in [-0.2, 0) is 14.3 Å². The molecule has 0 radical (unpaired) electrons. The molecule has 0 bridgehead atoms. The average molecular weight is 171 g/mol. The molecular formula is C8H13NO3. The smallest absolute Gasteiger partial charge is 0.308 e. The van der Waals surface area contributed by atoms with Gasteiger partial charge in [0, 0.05) is 0 Å². The number of hydrogen-bond donors (Lipinski definition) is 1. The van der Waals surface area contributed by atoms with Gasteiger partial charge in [0.25, 0.3) is 0 Å². The van der Waals surface area contributed by atoms with E-state index in [1.54, 1.807) is 13.8 Å². The summed E-state index contributed by atoms with van der Waals surface area (Å²) in [6.07, 6.45) is 0.0470. The van der Waals surface area contributed by atoms with Crippen molar-refractivity contribution in [3.8, 4) is 0 Å². The van der Waals surface area contributed by atoms with Gasteiger partial charge in [-0.2, -0.15) is 0 Å². The van der Waals surface area contributed by atoms with Crippen LogP contribution in [0.4, 0.5) is 0 Å². The Morgan fingerprint density at radius 3 is 2.75 bits per heavy atom. The van der Waals surface area contributed by atoms with Crippen LogP contribution in [0.5, 0.6) is 0 Å². The van der Waals surface area contributed by atoms with Gasteiger partial charge >= 0.3 is 5.97 Å². The van der Waals surface area contributed by atoms with E-state index in [4.69, 9.17) is 4.74 Å². The molecule has 4 heteroatoms. The number of hydrogen-bond acceptors (Lipinski definition) is 3. The molecule has 0 saturated carbocycles. The standard InChI is InChI=1S/C8H13NO3/c1-5(2)8(11)12-6-3-7(10)9-4-6/h5-6H,3-4H2,1-2H3,(H,9,10)/t6-/m0/s1. The van der Waals surface area contributed by atoms with E-state index in [1.807, 2.05) is 0 Å². The molecule has 0 aromatic carbocycles. The number of amides is 1. The van der Waals surface area contributed by atoms with Gasteiger partial charge in [0.05, 0.1) is 18.9 Å². The maximum atomic E-state index is 11.0. The Morgan fingerprint density at radius 2 is 2.33 bits per heavy atom. The molecule has 0 unspecified atom stereocenters. The van der Waals surface area contributed by atoms with Crippen molar-refractivity contribution in [2.75, 3.05) is 6.54 Å². The summed E-state index contributed by atoms with van der Waals surface area (Å²) in [6, 6.07) is 0. The van der Waals surface area contributed by atoms with Crippen molar-refractivity contribution in [1.29, 1.82) is 0 Å². The SMILES string of the molecule is CC(C)C(=O)O[C@@H]1CNC(=O)C1. The maximum Gasteiger partial charge on any atom is 0.308 e. The lowest BCUT2D eigenvalue weighted by Gasteiger charge is -2.11. The molecular weight excluding hydrogens is 158 g/mol. The fraction of sp³-hybridized carbons (Fsp3) is 0.750. The summed E-state index contributed by atoms with van der Waals surface area (Å²) in [6.45, 7) is 4.00. The summed E-state index contributed by atoms with van der Waals surface area (Å²) in [7, 11) is 0. The predicted octanol–water partition coefficient (Wildman–Crippen LogP) is 0.0741.